The van der Waals surface area contributed by atoms with Crippen molar-refractivity contribution in [3.63, 3.8) is 0 Å². The van der Waals surface area contributed by atoms with Crippen molar-refractivity contribution < 1.29 is 9.84 Å². The third kappa shape index (κ3) is 1.25. The topological polar surface area (TPSA) is 73.3 Å². The maximum atomic E-state index is 9.88. The highest BCUT2D eigenvalue weighted by atomic mass is 16.5. The second-order valence-electron chi connectivity index (χ2n) is 3.50. The van der Waals surface area contributed by atoms with Gasteiger partial charge in [-0.15, -0.1) is 0 Å². The van der Waals surface area contributed by atoms with Crippen LogP contribution in [-0.4, -0.2) is 33.5 Å². The molecule has 1 saturated heterocycles. The molecule has 2 rings (SSSR count). The average molecular weight is 183 g/mol. The zero-order chi connectivity index (χ0) is 9.47. The predicted molar refractivity (Wildman–Crippen MR) is 45.9 cm³/mol. The highest BCUT2D eigenvalue weighted by Gasteiger charge is 2.43. The van der Waals surface area contributed by atoms with E-state index < -0.39 is 11.6 Å². The van der Waals surface area contributed by atoms with Crippen LogP contribution >= 0.6 is 0 Å². The predicted octanol–water partition coefficient (Wildman–Crippen LogP) is -0.819. The fourth-order valence-corrected chi connectivity index (χ4v) is 1.43. The minimum atomic E-state index is -0.909. The van der Waals surface area contributed by atoms with Gasteiger partial charge in [0.15, 0.2) is 0 Å². The zero-order valence-corrected chi connectivity index (χ0v) is 7.47. The summed E-state index contributed by atoms with van der Waals surface area (Å²) < 4.78 is 6.74. The molecule has 0 aromatic carbocycles. The van der Waals surface area contributed by atoms with Gasteiger partial charge in [-0.25, -0.2) is 4.98 Å². The molecular formula is C8H13N3O2. The van der Waals surface area contributed by atoms with E-state index in [1.165, 1.54) is 0 Å². The maximum Gasteiger partial charge on any atom is 0.132 e. The second kappa shape index (κ2) is 2.80. The van der Waals surface area contributed by atoms with Gasteiger partial charge in [-0.3, -0.25) is 0 Å². The van der Waals surface area contributed by atoms with Crippen molar-refractivity contribution in [1.29, 1.82) is 0 Å². The van der Waals surface area contributed by atoms with E-state index in [0.29, 0.717) is 13.2 Å². The molecule has 0 spiro atoms. The number of nitrogens with two attached hydrogens (primary N) is 1. The van der Waals surface area contributed by atoms with Crippen LogP contribution in [0.2, 0.25) is 0 Å². The monoisotopic (exact) mass is 183 g/mol. The molecule has 0 aliphatic carbocycles. The summed E-state index contributed by atoms with van der Waals surface area (Å²) in [7, 11) is 1.85. The quantitative estimate of drug-likeness (QED) is 0.628. The van der Waals surface area contributed by atoms with Crippen molar-refractivity contribution in [1.82, 2.24) is 9.55 Å². The van der Waals surface area contributed by atoms with Crippen LogP contribution in [0.1, 0.15) is 11.7 Å². The summed E-state index contributed by atoms with van der Waals surface area (Å²) in [5.74, 6) is 0. The molecule has 3 N–H and O–H groups in total. The van der Waals surface area contributed by atoms with E-state index >= 15 is 0 Å². The van der Waals surface area contributed by atoms with E-state index in [2.05, 4.69) is 4.98 Å². The average Bonchev–Trinajstić information content (AvgIpc) is 2.46. The van der Waals surface area contributed by atoms with Gasteiger partial charge in [0.2, 0.25) is 0 Å². The van der Waals surface area contributed by atoms with Gasteiger partial charge in [-0.2, -0.15) is 0 Å². The number of hydrogen-bond donors (Lipinski definition) is 2. The largest absolute Gasteiger partial charge is 0.383 e. The summed E-state index contributed by atoms with van der Waals surface area (Å²) in [6, 6.07) is -0.422. The Morgan fingerprint density at radius 2 is 2.46 bits per heavy atom. The summed E-state index contributed by atoms with van der Waals surface area (Å²) in [6.07, 6.45) is 3.33. The Morgan fingerprint density at radius 1 is 1.77 bits per heavy atom. The molecule has 72 valence electrons. The van der Waals surface area contributed by atoms with Crippen molar-refractivity contribution in [3.8, 4) is 0 Å². The Bertz CT molecular complexity index is 306. The van der Waals surface area contributed by atoms with Crippen molar-refractivity contribution in [3.05, 3.63) is 18.2 Å². The summed E-state index contributed by atoms with van der Waals surface area (Å²) in [6.45, 7) is 0.610. The molecule has 5 nitrogen and oxygen atoms in total. The van der Waals surface area contributed by atoms with Crippen molar-refractivity contribution in [2.75, 3.05) is 13.2 Å². The minimum Gasteiger partial charge on any atom is -0.383 e. The lowest BCUT2D eigenvalue weighted by atomic mass is 9.91. The van der Waals surface area contributed by atoms with Crippen LogP contribution in [0.15, 0.2) is 12.5 Å². The molecule has 2 heterocycles. The van der Waals surface area contributed by atoms with Gasteiger partial charge in [0.1, 0.15) is 5.60 Å². The van der Waals surface area contributed by atoms with Gasteiger partial charge in [-0.05, 0) is 0 Å². The van der Waals surface area contributed by atoms with Gasteiger partial charge >= 0.3 is 0 Å². The van der Waals surface area contributed by atoms with Crippen LogP contribution in [0, 0.1) is 0 Å². The van der Waals surface area contributed by atoms with Crippen LogP contribution in [0.4, 0.5) is 0 Å². The van der Waals surface area contributed by atoms with Crippen molar-refractivity contribution in [2.45, 2.75) is 11.6 Å². The van der Waals surface area contributed by atoms with Gasteiger partial charge in [-0.1, -0.05) is 0 Å². The maximum absolute atomic E-state index is 9.88. The highest BCUT2D eigenvalue weighted by Crippen LogP contribution is 2.29. The second-order valence-corrected chi connectivity index (χ2v) is 3.50. The third-order valence-electron chi connectivity index (χ3n) is 2.46. The molecule has 0 bridgehead atoms. The number of nitrogens with zero attached hydrogens (tertiary/aromatic N) is 2. The molecule has 0 amide bonds. The Kier molecular flexibility index (Phi) is 1.87. The number of aryl methyl sites for hydroxylation is 1. The first kappa shape index (κ1) is 8.68. The summed E-state index contributed by atoms with van der Waals surface area (Å²) in [5.41, 5.74) is 5.80. The summed E-state index contributed by atoms with van der Waals surface area (Å²) in [4.78, 5) is 3.95. The third-order valence-corrected chi connectivity index (χ3v) is 2.46. The van der Waals surface area contributed by atoms with E-state index in [9.17, 15) is 5.11 Å². The molecule has 1 aromatic heterocycles. The first-order valence-corrected chi connectivity index (χ1v) is 4.15. The first-order valence-electron chi connectivity index (χ1n) is 4.15. The number of imidazole rings is 1. The number of hydrogen-bond acceptors (Lipinski definition) is 4. The van der Waals surface area contributed by atoms with Crippen LogP contribution < -0.4 is 5.73 Å². The van der Waals surface area contributed by atoms with Gasteiger partial charge < -0.3 is 20.1 Å². The molecule has 1 atom stereocenters. The summed E-state index contributed by atoms with van der Waals surface area (Å²) >= 11 is 0. The van der Waals surface area contributed by atoms with E-state index in [1.54, 1.807) is 17.1 Å². The van der Waals surface area contributed by atoms with Crippen molar-refractivity contribution >= 4 is 0 Å². The normalized spacial score (nSPS) is 22.4. The number of ether oxygens (including phenoxy) is 1. The van der Waals surface area contributed by atoms with Gasteiger partial charge in [0.25, 0.3) is 0 Å². The molecule has 5 heteroatoms. The van der Waals surface area contributed by atoms with Crippen LogP contribution in [-0.2, 0) is 11.8 Å². The zero-order valence-electron chi connectivity index (χ0n) is 7.47. The van der Waals surface area contributed by atoms with E-state index in [1.807, 2.05) is 7.05 Å². The smallest absolute Gasteiger partial charge is 0.132 e. The number of aromatic nitrogens is 2. The first-order chi connectivity index (χ1) is 6.13. The lowest BCUT2D eigenvalue weighted by Crippen LogP contribution is -2.57. The van der Waals surface area contributed by atoms with E-state index in [4.69, 9.17) is 10.5 Å². The molecule has 0 radical (unpaired) electrons. The van der Waals surface area contributed by atoms with E-state index in [-0.39, 0.29) is 0 Å². The number of aliphatic hydroxyl groups is 1. The Balaban J connectivity index is 2.22. The lowest BCUT2D eigenvalue weighted by molar-refractivity contribution is -0.191. The Morgan fingerprint density at radius 3 is 2.85 bits per heavy atom. The lowest BCUT2D eigenvalue weighted by Gasteiger charge is -2.40. The fraction of sp³-hybridized carbons (Fsp3) is 0.625. The highest BCUT2D eigenvalue weighted by molar-refractivity contribution is 5.12. The van der Waals surface area contributed by atoms with Gasteiger partial charge in [0, 0.05) is 13.2 Å². The Labute approximate surface area is 76.1 Å². The Hall–Kier alpha value is -0.910. The molecular weight excluding hydrogens is 170 g/mol. The SMILES string of the molecule is Cn1cncc1C(N)C1(O)COC1. The molecule has 1 aliphatic heterocycles. The molecule has 1 aliphatic rings. The summed E-state index contributed by atoms with van der Waals surface area (Å²) in [5, 5.41) is 9.88. The minimum absolute atomic E-state index is 0.305. The van der Waals surface area contributed by atoms with E-state index in [0.717, 1.165) is 5.69 Å². The number of rotatable bonds is 2. The van der Waals surface area contributed by atoms with Crippen LogP contribution in [0.25, 0.3) is 0 Å². The van der Waals surface area contributed by atoms with Crippen LogP contribution in [0.3, 0.4) is 0 Å². The van der Waals surface area contributed by atoms with Crippen molar-refractivity contribution in [2.24, 2.45) is 12.8 Å². The fourth-order valence-electron chi connectivity index (χ4n) is 1.43. The molecule has 13 heavy (non-hydrogen) atoms. The van der Waals surface area contributed by atoms with Gasteiger partial charge in [0.05, 0.1) is 31.3 Å². The molecule has 0 saturated carbocycles. The molecule has 1 aromatic rings. The van der Waals surface area contributed by atoms with Crippen LogP contribution in [0.5, 0.6) is 0 Å². The molecule has 1 fully saturated rings. The molecule has 1 unspecified atom stereocenters. The standard InChI is InChI=1S/C8H13N3O2/c1-11-5-10-2-6(11)7(9)8(12)3-13-4-8/h2,5,7,12H,3-4,9H2,1H3.